The average Bonchev–Trinajstić information content (AvgIpc) is 3.31. The molecule has 4 aromatic rings. The molecule has 0 bridgehead atoms. The summed E-state index contributed by atoms with van der Waals surface area (Å²) in [5.41, 5.74) is 3.31. The molecular formula is C20H12BrN5O3. The first kappa shape index (κ1) is 18.5. The highest BCUT2D eigenvalue weighted by molar-refractivity contribution is 9.10. The number of fused-ring (bicyclic) bond motifs is 1. The third-order valence-corrected chi connectivity index (χ3v) is 4.67. The largest absolute Gasteiger partial charge is 0.417 e. The van der Waals surface area contributed by atoms with Gasteiger partial charge in [0, 0.05) is 21.3 Å². The van der Waals surface area contributed by atoms with Crippen molar-refractivity contribution in [3.05, 3.63) is 74.8 Å². The number of aromatic nitrogens is 3. The molecule has 0 spiro atoms. The first-order valence-corrected chi connectivity index (χ1v) is 9.18. The van der Waals surface area contributed by atoms with Gasteiger partial charge in [0.05, 0.1) is 17.4 Å². The first-order chi connectivity index (χ1) is 14.0. The minimum absolute atomic E-state index is 0.0921. The van der Waals surface area contributed by atoms with Gasteiger partial charge in [0.2, 0.25) is 0 Å². The van der Waals surface area contributed by atoms with Gasteiger partial charge in [0.25, 0.3) is 5.91 Å². The van der Waals surface area contributed by atoms with Crippen molar-refractivity contribution in [2.75, 3.05) is 5.32 Å². The molecule has 4 rings (SSSR count). The van der Waals surface area contributed by atoms with E-state index in [1.54, 1.807) is 24.4 Å². The van der Waals surface area contributed by atoms with Crippen LogP contribution in [-0.2, 0) is 4.79 Å². The molecule has 0 saturated carbocycles. The van der Waals surface area contributed by atoms with Crippen molar-refractivity contribution in [1.29, 1.82) is 5.26 Å². The molecule has 0 fully saturated rings. The maximum atomic E-state index is 12.6. The van der Waals surface area contributed by atoms with Crippen molar-refractivity contribution in [1.82, 2.24) is 15.2 Å². The lowest BCUT2D eigenvalue weighted by molar-refractivity contribution is -0.112. The number of rotatable bonds is 4. The number of halogens is 1. The van der Waals surface area contributed by atoms with E-state index in [9.17, 15) is 14.9 Å². The average molecular weight is 450 g/mol. The summed E-state index contributed by atoms with van der Waals surface area (Å²) in [6.45, 7) is 0. The van der Waals surface area contributed by atoms with Crippen LogP contribution in [0, 0.1) is 11.3 Å². The van der Waals surface area contributed by atoms with E-state index in [1.165, 1.54) is 6.08 Å². The Hall–Kier alpha value is -3.90. The Labute approximate surface area is 172 Å². The molecule has 1 amide bonds. The van der Waals surface area contributed by atoms with Gasteiger partial charge < -0.3 is 9.73 Å². The summed E-state index contributed by atoms with van der Waals surface area (Å²) in [4.78, 5) is 26.3. The van der Waals surface area contributed by atoms with Crippen LogP contribution in [0.15, 0.2) is 67.9 Å². The number of aromatic amines is 2. The van der Waals surface area contributed by atoms with Crippen LogP contribution in [0.2, 0.25) is 0 Å². The van der Waals surface area contributed by atoms with Gasteiger partial charge in [0.15, 0.2) is 5.58 Å². The quantitative estimate of drug-likeness (QED) is 0.322. The summed E-state index contributed by atoms with van der Waals surface area (Å²) in [6.07, 6.45) is 3.01. The van der Waals surface area contributed by atoms with Gasteiger partial charge in [-0.3, -0.25) is 14.9 Å². The van der Waals surface area contributed by atoms with Gasteiger partial charge in [-0.25, -0.2) is 4.79 Å². The van der Waals surface area contributed by atoms with E-state index < -0.39 is 11.7 Å². The van der Waals surface area contributed by atoms with Crippen LogP contribution in [0.25, 0.3) is 28.4 Å². The molecule has 0 aliphatic rings. The van der Waals surface area contributed by atoms with E-state index in [4.69, 9.17) is 4.42 Å². The molecule has 0 unspecified atom stereocenters. The highest BCUT2D eigenvalue weighted by Gasteiger charge is 2.13. The molecule has 9 heteroatoms. The van der Waals surface area contributed by atoms with Crippen molar-refractivity contribution >= 4 is 44.7 Å². The number of nitrogens with one attached hydrogen (secondary N) is 3. The Balaban J connectivity index is 1.61. The van der Waals surface area contributed by atoms with Gasteiger partial charge in [-0.05, 0) is 36.4 Å². The van der Waals surface area contributed by atoms with Crippen molar-refractivity contribution in [2.24, 2.45) is 0 Å². The van der Waals surface area contributed by atoms with Gasteiger partial charge in [-0.15, -0.1) is 0 Å². The first-order valence-electron chi connectivity index (χ1n) is 8.39. The predicted octanol–water partition coefficient (Wildman–Crippen LogP) is 3.82. The fraction of sp³-hybridized carbons (Fsp3) is 0. The number of amides is 1. The Morgan fingerprint density at radius 2 is 2.03 bits per heavy atom. The summed E-state index contributed by atoms with van der Waals surface area (Å²) in [6, 6.07) is 14.2. The maximum absolute atomic E-state index is 12.6. The number of carbonyl (C=O) groups is 1. The molecule has 2 heterocycles. The van der Waals surface area contributed by atoms with Crippen LogP contribution in [0.1, 0.15) is 5.56 Å². The van der Waals surface area contributed by atoms with E-state index in [0.717, 1.165) is 10.0 Å². The Bertz CT molecular complexity index is 1340. The van der Waals surface area contributed by atoms with Gasteiger partial charge >= 0.3 is 5.76 Å². The molecule has 0 aliphatic carbocycles. The number of nitrogens with zero attached hydrogens (tertiary/aromatic N) is 2. The van der Waals surface area contributed by atoms with Crippen molar-refractivity contribution in [2.45, 2.75) is 0 Å². The summed E-state index contributed by atoms with van der Waals surface area (Å²) in [5, 5.41) is 19.0. The molecule has 29 heavy (non-hydrogen) atoms. The molecule has 0 atom stereocenters. The summed E-state index contributed by atoms with van der Waals surface area (Å²) in [7, 11) is 0. The zero-order valence-electron chi connectivity index (χ0n) is 14.7. The van der Waals surface area contributed by atoms with Crippen molar-refractivity contribution < 1.29 is 9.21 Å². The van der Waals surface area contributed by atoms with Crippen LogP contribution in [0.5, 0.6) is 0 Å². The lowest BCUT2D eigenvalue weighted by Crippen LogP contribution is -2.13. The highest BCUT2D eigenvalue weighted by Crippen LogP contribution is 2.25. The van der Waals surface area contributed by atoms with Gasteiger partial charge in [0.1, 0.15) is 11.6 Å². The number of hydrogen-bond donors (Lipinski definition) is 3. The molecule has 0 aliphatic heterocycles. The fourth-order valence-corrected chi connectivity index (χ4v) is 3.05. The van der Waals surface area contributed by atoms with Crippen LogP contribution < -0.4 is 11.1 Å². The minimum atomic E-state index is -0.583. The van der Waals surface area contributed by atoms with Crippen LogP contribution >= 0.6 is 15.9 Å². The van der Waals surface area contributed by atoms with E-state index in [0.29, 0.717) is 28.0 Å². The molecule has 0 radical (unpaired) electrons. The van der Waals surface area contributed by atoms with Crippen molar-refractivity contribution in [3.8, 4) is 17.3 Å². The zero-order chi connectivity index (χ0) is 20.4. The Morgan fingerprint density at radius 3 is 2.79 bits per heavy atom. The second-order valence-electron chi connectivity index (χ2n) is 6.06. The summed E-state index contributed by atoms with van der Waals surface area (Å²) >= 11 is 3.39. The number of anilines is 1. The topological polar surface area (TPSA) is 128 Å². The van der Waals surface area contributed by atoms with Crippen LogP contribution in [0.4, 0.5) is 5.69 Å². The predicted molar refractivity (Wildman–Crippen MR) is 111 cm³/mol. The zero-order valence-corrected chi connectivity index (χ0v) is 16.3. The molecule has 0 saturated heterocycles. The molecule has 2 aromatic carbocycles. The molecular weight excluding hydrogens is 438 g/mol. The molecule has 2 aromatic heterocycles. The smallest absolute Gasteiger partial charge is 0.408 e. The van der Waals surface area contributed by atoms with Crippen LogP contribution in [0.3, 0.4) is 0 Å². The lowest BCUT2D eigenvalue weighted by Gasteiger charge is -2.05. The second-order valence-corrected chi connectivity index (χ2v) is 6.97. The number of oxazole rings is 1. The monoisotopic (exact) mass is 449 g/mol. The third kappa shape index (κ3) is 3.88. The van der Waals surface area contributed by atoms with Gasteiger partial charge in [-0.1, -0.05) is 28.1 Å². The number of hydrogen-bond acceptors (Lipinski definition) is 5. The van der Waals surface area contributed by atoms with Crippen molar-refractivity contribution in [3.63, 3.8) is 0 Å². The number of carbonyl (C=O) groups excluding carboxylic acids is 1. The minimum Gasteiger partial charge on any atom is -0.408 e. The third-order valence-electron chi connectivity index (χ3n) is 4.14. The van der Waals surface area contributed by atoms with E-state index in [2.05, 4.69) is 36.4 Å². The van der Waals surface area contributed by atoms with Gasteiger partial charge in [-0.2, -0.15) is 10.4 Å². The Kier molecular flexibility index (Phi) is 4.85. The Morgan fingerprint density at radius 1 is 1.24 bits per heavy atom. The normalized spacial score (nSPS) is 11.4. The molecule has 3 N–H and O–H groups in total. The number of H-pyrrole nitrogens is 2. The van der Waals surface area contributed by atoms with Crippen LogP contribution in [-0.4, -0.2) is 21.1 Å². The SMILES string of the molecule is N#CC(=Cc1cn[nH]c1-c1ccc(Br)cc1)C(=O)Nc1ccc2oc(=O)[nH]c2c1. The number of nitriles is 1. The molecule has 8 nitrogen and oxygen atoms in total. The summed E-state index contributed by atoms with van der Waals surface area (Å²) in [5.74, 6) is -1.16. The van der Waals surface area contributed by atoms with E-state index in [-0.39, 0.29) is 5.57 Å². The highest BCUT2D eigenvalue weighted by atomic mass is 79.9. The maximum Gasteiger partial charge on any atom is 0.417 e. The van der Waals surface area contributed by atoms with E-state index in [1.807, 2.05) is 30.3 Å². The standard InChI is InChI=1S/C20H12BrN5O3/c21-14-3-1-11(2-4-14)18-13(10-23-26-18)7-12(9-22)19(27)24-15-5-6-17-16(8-15)25-20(28)29-17/h1-8,10H,(H,23,26)(H,24,27)(H,25,28). The summed E-state index contributed by atoms with van der Waals surface area (Å²) < 4.78 is 5.86. The molecule has 142 valence electrons. The van der Waals surface area contributed by atoms with E-state index >= 15 is 0 Å². The fourth-order valence-electron chi connectivity index (χ4n) is 2.78. The lowest BCUT2D eigenvalue weighted by atomic mass is 10.1. The number of benzene rings is 2. The second kappa shape index (κ2) is 7.61.